The first kappa shape index (κ1) is 11.6. The highest BCUT2D eigenvalue weighted by Crippen LogP contribution is 2.19. The highest BCUT2D eigenvalue weighted by Gasteiger charge is 2.43. The zero-order valence-corrected chi connectivity index (χ0v) is 10.1. The molecule has 0 saturated carbocycles. The fraction of sp³-hybridized carbons (Fsp3) is 0.333. The van der Waals surface area contributed by atoms with Gasteiger partial charge < -0.3 is 10.2 Å². The van der Waals surface area contributed by atoms with Gasteiger partial charge in [0.05, 0.1) is 12.6 Å². The van der Waals surface area contributed by atoms with Crippen LogP contribution < -0.4 is 5.32 Å². The minimum atomic E-state index is -0.375. The minimum Gasteiger partial charge on any atom is -0.333 e. The zero-order valence-electron chi connectivity index (χ0n) is 10.1. The molecule has 1 N–H and O–H groups in total. The Morgan fingerprint density at radius 3 is 2.68 bits per heavy atom. The van der Waals surface area contributed by atoms with Crippen LogP contribution in [0.15, 0.2) is 24.4 Å². The molecule has 7 heteroatoms. The van der Waals surface area contributed by atoms with Gasteiger partial charge in [0, 0.05) is 19.3 Å². The number of hydrogen-bond donors (Lipinski definition) is 1. The second kappa shape index (κ2) is 4.34. The third kappa shape index (κ3) is 1.92. The van der Waals surface area contributed by atoms with Crippen molar-refractivity contribution in [1.82, 2.24) is 20.1 Å². The van der Waals surface area contributed by atoms with Crippen molar-refractivity contribution >= 4 is 17.8 Å². The van der Waals surface area contributed by atoms with E-state index in [-0.39, 0.29) is 30.4 Å². The normalized spacial score (nSPS) is 19.4. The number of amides is 4. The van der Waals surface area contributed by atoms with Crippen LogP contribution in [0, 0.1) is 0 Å². The highest BCUT2D eigenvalue weighted by molar-refractivity contribution is 6.02. The molecule has 1 aromatic rings. The molecule has 1 aromatic heterocycles. The lowest BCUT2D eigenvalue weighted by molar-refractivity contribution is -0.128. The molecule has 3 rings (SSSR count). The summed E-state index contributed by atoms with van der Waals surface area (Å²) >= 11 is 0. The van der Waals surface area contributed by atoms with Crippen molar-refractivity contribution in [2.45, 2.75) is 6.04 Å². The van der Waals surface area contributed by atoms with Crippen LogP contribution in [-0.4, -0.2) is 58.3 Å². The third-order valence-corrected chi connectivity index (χ3v) is 3.28. The standard InChI is InChI=1S/C12H12N4O3/c17-10-5-14-12(19)16(10)8-6-15(7-8)11(18)9-3-1-2-4-13-9/h1-4,8H,5-7H2,(H,14,19). The van der Waals surface area contributed by atoms with E-state index in [0.717, 1.165) is 0 Å². The molecule has 0 bridgehead atoms. The molecular formula is C12H12N4O3. The molecule has 0 unspecified atom stereocenters. The van der Waals surface area contributed by atoms with Crippen molar-refractivity contribution < 1.29 is 14.4 Å². The maximum Gasteiger partial charge on any atom is 0.324 e. The number of pyridine rings is 1. The molecule has 3 heterocycles. The molecular weight excluding hydrogens is 248 g/mol. The summed E-state index contributed by atoms with van der Waals surface area (Å²) in [6, 6.07) is 4.53. The van der Waals surface area contributed by atoms with Crippen molar-refractivity contribution in [3.05, 3.63) is 30.1 Å². The van der Waals surface area contributed by atoms with Crippen LogP contribution in [0.4, 0.5) is 4.79 Å². The van der Waals surface area contributed by atoms with Crippen LogP contribution >= 0.6 is 0 Å². The Kier molecular flexibility index (Phi) is 2.66. The van der Waals surface area contributed by atoms with Crippen molar-refractivity contribution in [3.8, 4) is 0 Å². The Morgan fingerprint density at radius 1 is 1.32 bits per heavy atom. The van der Waals surface area contributed by atoms with E-state index in [0.29, 0.717) is 18.8 Å². The number of nitrogens with one attached hydrogen (secondary N) is 1. The lowest BCUT2D eigenvalue weighted by Gasteiger charge is -2.42. The van der Waals surface area contributed by atoms with Crippen LogP contribution in [0.1, 0.15) is 10.5 Å². The van der Waals surface area contributed by atoms with E-state index in [9.17, 15) is 14.4 Å². The topological polar surface area (TPSA) is 82.6 Å². The van der Waals surface area contributed by atoms with Gasteiger partial charge in [-0.05, 0) is 12.1 Å². The number of nitrogens with zero attached hydrogens (tertiary/aromatic N) is 3. The van der Waals surface area contributed by atoms with Crippen molar-refractivity contribution in [3.63, 3.8) is 0 Å². The molecule has 4 amide bonds. The lowest BCUT2D eigenvalue weighted by atomic mass is 10.1. The summed E-state index contributed by atoms with van der Waals surface area (Å²) in [7, 11) is 0. The number of carbonyl (C=O) groups is 3. The van der Waals surface area contributed by atoms with E-state index in [4.69, 9.17) is 0 Å². The number of rotatable bonds is 2. The molecule has 0 spiro atoms. The number of carbonyl (C=O) groups excluding carboxylic acids is 3. The Hall–Kier alpha value is -2.44. The highest BCUT2D eigenvalue weighted by atomic mass is 16.2. The quantitative estimate of drug-likeness (QED) is 0.724. The van der Waals surface area contributed by atoms with E-state index < -0.39 is 0 Å². The molecule has 98 valence electrons. The lowest BCUT2D eigenvalue weighted by Crippen LogP contribution is -2.62. The molecule has 0 atom stereocenters. The van der Waals surface area contributed by atoms with Crippen LogP contribution in [0.25, 0.3) is 0 Å². The van der Waals surface area contributed by atoms with Gasteiger partial charge in [0.25, 0.3) is 5.91 Å². The average Bonchev–Trinajstić information content (AvgIpc) is 2.70. The van der Waals surface area contributed by atoms with E-state index in [2.05, 4.69) is 10.3 Å². The van der Waals surface area contributed by atoms with Crippen LogP contribution in [-0.2, 0) is 4.79 Å². The Morgan fingerprint density at radius 2 is 2.11 bits per heavy atom. The number of hydrogen-bond acceptors (Lipinski definition) is 4. The van der Waals surface area contributed by atoms with E-state index in [1.807, 2.05) is 0 Å². The van der Waals surface area contributed by atoms with E-state index in [1.165, 1.54) is 4.90 Å². The van der Waals surface area contributed by atoms with Gasteiger partial charge in [-0.25, -0.2) is 4.79 Å². The SMILES string of the molecule is O=C(c1ccccn1)N1CC(N2C(=O)CNC2=O)C1. The summed E-state index contributed by atoms with van der Waals surface area (Å²) in [4.78, 5) is 41.7. The first-order valence-corrected chi connectivity index (χ1v) is 5.97. The largest absolute Gasteiger partial charge is 0.333 e. The summed E-state index contributed by atoms with van der Waals surface area (Å²) in [5.41, 5.74) is 0.373. The van der Waals surface area contributed by atoms with Crippen LogP contribution in [0.5, 0.6) is 0 Å². The van der Waals surface area contributed by atoms with Crippen molar-refractivity contribution in [1.29, 1.82) is 0 Å². The fourth-order valence-electron chi connectivity index (χ4n) is 2.24. The number of urea groups is 1. The summed E-state index contributed by atoms with van der Waals surface area (Å²) in [5, 5.41) is 2.47. The van der Waals surface area contributed by atoms with E-state index >= 15 is 0 Å². The summed E-state index contributed by atoms with van der Waals surface area (Å²) in [6.07, 6.45) is 1.56. The zero-order chi connectivity index (χ0) is 13.4. The predicted octanol–water partition coefficient (Wildman–Crippen LogP) is -0.542. The number of aromatic nitrogens is 1. The maximum absolute atomic E-state index is 12.0. The number of imide groups is 1. The second-order valence-electron chi connectivity index (χ2n) is 4.50. The summed E-state index contributed by atoms with van der Waals surface area (Å²) < 4.78 is 0. The van der Waals surface area contributed by atoms with Gasteiger partial charge in [-0.15, -0.1) is 0 Å². The Labute approximate surface area is 109 Å². The smallest absolute Gasteiger partial charge is 0.324 e. The Bertz CT molecular complexity index is 523. The van der Waals surface area contributed by atoms with Gasteiger partial charge in [-0.2, -0.15) is 0 Å². The second-order valence-corrected chi connectivity index (χ2v) is 4.50. The Balaban J connectivity index is 1.63. The van der Waals surface area contributed by atoms with Crippen molar-refractivity contribution in [2.24, 2.45) is 0 Å². The van der Waals surface area contributed by atoms with Crippen LogP contribution in [0.3, 0.4) is 0 Å². The monoisotopic (exact) mass is 260 g/mol. The summed E-state index contributed by atoms with van der Waals surface area (Å²) in [5.74, 6) is -0.413. The molecule has 19 heavy (non-hydrogen) atoms. The van der Waals surface area contributed by atoms with Gasteiger partial charge in [-0.1, -0.05) is 6.07 Å². The van der Waals surface area contributed by atoms with E-state index in [1.54, 1.807) is 29.3 Å². The maximum atomic E-state index is 12.0. The number of likely N-dealkylation sites (tertiary alicyclic amines) is 1. The van der Waals surface area contributed by atoms with Gasteiger partial charge >= 0.3 is 6.03 Å². The fourth-order valence-corrected chi connectivity index (χ4v) is 2.24. The molecule has 7 nitrogen and oxygen atoms in total. The molecule has 2 saturated heterocycles. The van der Waals surface area contributed by atoms with Gasteiger partial charge in [0.15, 0.2) is 0 Å². The molecule has 0 radical (unpaired) electrons. The average molecular weight is 260 g/mol. The molecule has 2 fully saturated rings. The van der Waals surface area contributed by atoms with Crippen LogP contribution in [0.2, 0.25) is 0 Å². The molecule has 2 aliphatic heterocycles. The van der Waals surface area contributed by atoms with Crippen molar-refractivity contribution in [2.75, 3.05) is 19.6 Å². The summed E-state index contributed by atoms with van der Waals surface area (Å²) in [6.45, 7) is 0.784. The first-order chi connectivity index (χ1) is 9.16. The van der Waals surface area contributed by atoms with Gasteiger partial charge in [-0.3, -0.25) is 19.5 Å². The first-order valence-electron chi connectivity index (χ1n) is 5.97. The minimum absolute atomic E-state index is 0.0452. The van der Waals surface area contributed by atoms with Gasteiger partial charge in [0.2, 0.25) is 5.91 Å². The molecule has 2 aliphatic rings. The molecule has 0 aromatic carbocycles. The third-order valence-electron chi connectivity index (χ3n) is 3.28. The molecule has 0 aliphatic carbocycles. The van der Waals surface area contributed by atoms with Gasteiger partial charge in [0.1, 0.15) is 5.69 Å². The predicted molar refractivity (Wildman–Crippen MR) is 64.2 cm³/mol.